The van der Waals surface area contributed by atoms with E-state index in [1.54, 1.807) is 0 Å². The summed E-state index contributed by atoms with van der Waals surface area (Å²) in [6.45, 7) is 8.13. The maximum Gasteiger partial charge on any atom is 0.211 e. The predicted octanol–water partition coefficient (Wildman–Crippen LogP) is 11.6. The molecule has 0 aliphatic heterocycles. The van der Waals surface area contributed by atoms with Gasteiger partial charge in [-0.15, -0.1) is 0 Å². The van der Waals surface area contributed by atoms with Gasteiger partial charge in [0.2, 0.25) is 5.69 Å². The molecule has 0 radical (unpaired) electrons. The van der Waals surface area contributed by atoms with E-state index in [4.69, 9.17) is 6.57 Å². The first kappa shape index (κ1) is 27.4. The van der Waals surface area contributed by atoms with Gasteiger partial charge in [-0.1, -0.05) is 115 Å². The average Bonchev–Trinajstić information content (AvgIpc) is 3.67. The van der Waals surface area contributed by atoms with Crippen molar-refractivity contribution in [2.24, 2.45) is 0 Å². The number of hydrogen-bond acceptors (Lipinski definition) is 1. The van der Waals surface area contributed by atoms with E-state index in [1.165, 1.54) is 10.8 Å². The molecule has 4 heteroatoms. The zero-order valence-corrected chi connectivity index (χ0v) is 25.8. The van der Waals surface area contributed by atoms with Gasteiger partial charge in [-0.3, -0.25) is 0 Å². The van der Waals surface area contributed by atoms with Crippen molar-refractivity contribution in [2.75, 3.05) is 0 Å². The summed E-state index contributed by atoms with van der Waals surface area (Å²) in [5.74, 6) is 0. The first-order chi connectivity index (χ1) is 23.7. The maximum absolute atomic E-state index is 10.6. The summed E-state index contributed by atoms with van der Waals surface area (Å²) in [4.78, 5) is 3.97. The molecule has 7 aromatic carbocycles. The molecule has 0 atom stereocenters. The third-order valence-electron chi connectivity index (χ3n) is 9.39. The van der Waals surface area contributed by atoms with Crippen molar-refractivity contribution in [2.45, 2.75) is 0 Å². The van der Waals surface area contributed by atoms with E-state index in [-0.39, 0.29) is 0 Å². The molecule has 4 nitrogen and oxygen atoms in total. The highest BCUT2D eigenvalue weighted by Gasteiger charge is 2.20. The molecule has 0 bridgehead atoms. The molecule has 0 amide bonds. The van der Waals surface area contributed by atoms with Gasteiger partial charge in [0.05, 0.1) is 46.0 Å². The lowest BCUT2D eigenvalue weighted by Gasteiger charge is -2.17. The topological polar surface area (TPSA) is 38.0 Å². The molecular weight excluding hydrogens is 585 g/mol. The second-order valence-corrected chi connectivity index (χ2v) is 11.9. The zero-order chi connectivity index (χ0) is 32.2. The third kappa shape index (κ3) is 4.07. The maximum atomic E-state index is 10.6. The minimum absolute atomic E-state index is 0.533. The number of nitrogens with zero attached hydrogens (tertiary/aromatic N) is 4. The number of para-hydroxylation sites is 5. The van der Waals surface area contributed by atoms with Gasteiger partial charge in [0, 0.05) is 32.8 Å². The summed E-state index contributed by atoms with van der Waals surface area (Å²) >= 11 is 0. The Labute approximate surface area is 277 Å². The summed E-state index contributed by atoms with van der Waals surface area (Å²) in [5.41, 5.74) is 10.9. The molecule has 0 saturated heterocycles. The molecule has 0 spiro atoms. The molecule has 0 aliphatic rings. The van der Waals surface area contributed by atoms with E-state index >= 15 is 0 Å². The summed E-state index contributed by atoms with van der Waals surface area (Å²) in [5, 5.41) is 15.2. The van der Waals surface area contributed by atoms with Crippen LogP contribution in [0, 0.1) is 17.9 Å². The number of aromatic nitrogens is 2. The van der Waals surface area contributed by atoms with Crippen molar-refractivity contribution in [3.05, 3.63) is 175 Å². The molecule has 0 unspecified atom stereocenters. The highest BCUT2D eigenvalue weighted by Crippen LogP contribution is 2.42. The quantitative estimate of drug-likeness (QED) is 0.183. The number of hydrogen-bond donors (Lipinski definition) is 0. The van der Waals surface area contributed by atoms with Crippen molar-refractivity contribution in [3.8, 4) is 39.7 Å². The minimum atomic E-state index is 0.533. The van der Waals surface area contributed by atoms with Gasteiger partial charge in [0.1, 0.15) is 0 Å². The average molecular weight is 611 g/mol. The van der Waals surface area contributed by atoms with Crippen LogP contribution in [0.5, 0.6) is 0 Å². The minimum Gasteiger partial charge on any atom is -0.318 e. The highest BCUT2D eigenvalue weighted by molar-refractivity contribution is 6.11. The van der Waals surface area contributed by atoms with Crippen molar-refractivity contribution in [1.82, 2.24) is 9.13 Å². The lowest BCUT2D eigenvalue weighted by molar-refractivity contribution is 1.18. The Kier molecular flexibility index (Phi) is 6.22. The summed E-state index contributed by atoms with van der Waals surface area (Å²) < 4.78 is 4.49. The van der Waals surface area contributed by atoms with Crippen LogP contribution in [0.25, 0.3) is 82.1 Å². The number of benzene rings is 7. The Morgan fingerprint density at radius 3 is 1.56 bits per heavy atom. The summed E-state index contributed by atoms with van der Waals surface area (Å²) in [6.07, 6.45) is 0. The molecule has 222 valence electrons. The van der Waals surface area contributed by atoms with E-state index in [1.807, 2.05) is 54.6 Å². The van der Waals surface area contributed by atoms with E-state index in [0.29, 0.717) is 11.3 Å². The third-order valence-corrected chi connectivity index (χ3v) is 9.39. The van der Waals surface area contributed by atoms with Gasteiger partial charge in [0.25, 0.3) is 0 Å². The van der Waals surface area contributed by atoms with Gasteiger partial charge >= 0.3 is 0 Å². The van der Waals surface area contributed by atoms with Crippen molar-refractivity contribution in [3.63, 3.8) is 0 Å². The Morgan fingerprint density at radius 2 is 1.00 bits per heavy atom. The van der Waals surface area contributed by atoms with Crippen LogP contribution in [0.15, 0.2) is 158 Å². The summed E-state index contributed by atoms with van der Waals surface area (Å²) in [7, 11) is 0. The van der Waals surface area contributed by atoms with Crippen LogP contribution < -0.4 is 0 Å². The standard InChI is InChI=1S/C44H26N4/c1-46-39-19-11-18-38(44(39)48-42-22-8-4-16-36(42)37-17-5-9-23-43(37)48)33-25-24-30(26-31(33)28-45)29-12-10-13-32(27-29)47-40-20-6-2-14-34(40)35-15-3-7-21-41(35)47/h2-27H. The highest BCUT2D eigenvalue weighted by atomic mass is 15.0. The van der Waals surface area contributed by atoms with Crippen LogP contribution >= 0.6 is 0 Å². The molecule has 48 heavy (non-hydrogen) atoms. The van der Waals surface area contributed by atoms with Crippen LogP contribution in [0.2, 0.25) is 0 Å². The lowest BCUT2D eigenvalue weighted by atomic mass is 9.93. The van der Waals surface area contributed by atoms with Crippen LogP contribution in [0.4, 0.5) is 5.69 Å². The van der Waals surface area contributed by atoms with Crippen molar-refractivity contribution >= 4 is 49.3 Å². The largest absolute Gasteiger partial charge is 0.318 e. The SMILES string of the molecule is [C-]#[N+]c1cccc(-c2ccc(-c3cccc(-n4c5ccccc5c5ccccc54)c3)cc2C#N)c1-n1c2ccccc2c2ccccc21. The second-order valence-electron chi connectivity index (χ2n) is 11.9. The van der Waals surface area contributed by atoms with Gasteiger partial charge in [-0.2, -0.15) is 5.26 Å². The van der Waals surface area contributed by atoms with Crippen LogP contribution in [-0.2, 0) is 0 Å². The number of rotatable bonds is 4. The fourth-order valence-corrected chi connectivity index (χ4v) is 7.31. The van der Waals surface area contributed by atoms with E-state index in [9.17, 15) is 5.26 Å². The molecular formula is C44H26N4. The van der Waals surface area contributed by atoms with Crippen LogP contribution in [0.1, 0.15) is 5.56 Å². The Bertz CT molecular complexity index is 2710. The monoisotopic (exact) mass is 610 g/mol. The first-order valence-corrected chi connectivity index (χ1v) is 15.9. The Morgan fingerprint density at radius 1 is 0.479 bits per heavy atom. The van der Waals surface area contributed by atoms with Gasteiger partial charge in [0.15, 0.2) is 0 Å². The molecule has 0 N–H and O–H groups in total. The van der Waals surface area contributed by atoms with Crippen LogP contribution in [-0.4, -0.2) is 9.13 Å². The van der Waals surface area contributed by atoms with Crippen molar-refractivity contribution in [1.29, 1.82) is 5.26 Å². The molecule has 0 aliphatic carbocycles. The Balaban J connectivity index is 1.22. The van der Waals surface area contributed by atoms with E-state index < -0.39 is 0 Å². The van der Waals surface area contributed by atoms with Gasteiger partial charge in [-0.25, -0.2) is 4.85 Å². The fourth-order valence-electron chi connectivity index (χ4n) is 7.31. The number of fused-ring (bicyclic) bond motifs is 6. The normalized spacial score (nSPS) is 11.3. The molecule has 2 aromatic heterocycles. The lowest BCUT2D eigenvalue weighted by Crippen LogP contribution is -1.99. The van der Waals surface area contributed by atoms with E-state index in [2.05, 4.69) is 123 Å². The molecule has 0 fully saturated rings. The van der Waals surface area contributed by atoms with Gasteiger partial charge < -0.3 is 9.13 Å². The van der Waals surface area contributed by atoms with E-state index in [0.717, 1.165) is 66.5 Å². The fraction of sp³-hybridized carbons (Fsp3) is 0. The molecule has 2 heterocycles. The first-order valence-electron chi connectivity index (χ1n) is 15.9. The molecule has 0 saturated carbocycles. The predicted molar refractivity (Wildman–Crippen MR) is 197 cm³/mol. The second kappa shape index (κ2) is 10.9. The number of nitriles is 1. The molecule has 9 rings (SSSR count). The van der Waals surface area contributed by atoms with Crippen molar-refractivity contribution < 1.29 is 0 Å². The molecule has 9 aromatic rings. The smallest absolute Gasteiger partial charge is 0.211 e. The zero-order valence-electron chi connectivity index (χ0n) is 25.8. The van der Waals surface area contributed by atoms with Crippen LogP contribution in [0.3, 0.4) is 0 Å². The van der Waals surface area contributed by atoms with Gasteiger partial charge in [-0.05, 0) is 59.2 Å². The Hall–Kier alpha value is -6.88. The summed E-state index contributed by atoms with van der Waals surface area (Å²) in [6, 6.07) is 56.4.